The summed E-state index contributed by atoms with van der Waals surface area (Å²) >= 11 is 0. The summed E-state index contributed by atoms with van der Waals surface area (Å²) < 4.78 is 5.17. The second-order valence-corrected chi connectivity index (χ2v) is 5.50. The van der Waals surface area contributed by atoms with Crippen LogP contribution in [0, 0.1) is 0 Å². The standard InChI is InChI=1S/C19H19NO2/c1-13(7-8-14-9-11-15(22-2)12-10-14)18-16-5-3-4-6-17(16)20-19(18)21/h3-6,9-12H,7-8H2,1-2H3,(H,20,21)/b18-13-. The number of hydrogen-bond donors (Lipinski definition) is 1. The Morgan fingerprint density at radius 3 is 2.55 bits per heavy atom. The summed E-state index contributed by atoms with van der Waals surface area (Å²) in [4.78, 5) is 12.2. The highest BCUT2D eigenvalue weighted by Crippen LogP contribution is 2.34. The molecule has 1 aliphatic heterocycles. The lowest BCUT2D eigenvalue weighted by atomic mass is 9.97. The largest absolute Gasteiger partial charge is 0.497 e. The van der Waals surface area contributed by atoms with Crippen molar-refractivity contribution in [2.45, 2.75) is 19.8 Å². The van der Waals surface area contributed by atoms with Crippen LogP contribution in [-0.4, -0.2) is 13.0 Å². The Balaban J connectivity index is 1.78. The van der Waals surface area contributed by atoms with Gasteiger partial charge in [-0.2, -0.15) is 0 Å². The van der Waals surface area contributed by atoms with E-state index < -0.39 is 0 Å². The van der Waals surface area contributed by atoms with Crippen molar-refractivity contribution >= 4 is 17.2 Å². The Morgan fingerprint density at radius 2 is 1.82 bits per heavy atom. The number of carbonyl (C=O) groups excluding carboxylic acids is 1. The molecule has 3 heteroatoms. The number of hydrogen-bond acceptors (Lipinski definition) is 2. The van der Waals surface area contributed by atoms with Gasteiger partial charge in [0, 0.05) is 16.8 Å². The normalized spacial score (nSPS) is 15.3. The average molecular weight is 293 g/mol. The first kappa shape index (κ1) is 14.4. The van der Waals surface area contributed by atoms with E-state index in [1.807, 2.05) is 43.3 Å². The molecule has 0 radical (unpaired) electrons. The fraction of sp³-hybridized carbons (Fsp3) is 0.211. The van der Waals surface area contributed by atoms with E-state index in [1.54, 1.807) is 7.11 Å². The number of nitrogens with one attached hydrogen (secondary N) is 1. The van der Waals surface area contributed by atoms with Gasteiger partial charge in [-0.15, -0.1) is 0 Å². The predicted molar refractivity (Wildman–Crippen MR) is 89.0 cm³/mol. The molecule has 0 spiro atoms. The lowest BCUT2D eigenvalue weighted by Crippen LogP contribution is -2.05. The number of allylic oxidation sites excluding steroid dienone is 1. The summed E-state index contributed by atoms with van der Waals surface area (Å²) in [6, 6.07) is 15.9. The fourth-order valence-corrected chi connectivity index (χ4v) is 2.79. The minimum atomic E-state index is 0.00781. The third kappa shape index (κ3) is 2.75. The molecule has 1 aliphatic rings. The van der Waals surface area contributed by atoms with Crippen molar-refractivity contribution in [3.8, 4) is 5.75 Å². The highest BCUT2D eigenvalue weighted by Gasteiger charge is 2.25. The molecule has 0 fully saturated rings. The van der Waals surface area contributed by atoms with Crippen LogP contribution in [-0.2, 0) is 11.2 Å². The van der Waals surface area contributed by atoms with E-state index in [9.17, 15) is 4.79 Å². The first-order valence-electron chi connectivity index (χ1n) is 7.42. The molecule has 0 aromatic heterocycles. The zero-order valence-corrected chi connectivity index (χ0v) is 12.8. The van der Waals surface area contributed by atoms with Crippen LogP contribution in [0.25, 0.3) is 5.57 Å². The lowest BCUT2D eigenvalue weighted by Gasteiger charge is -2.07. The summed E-state index contributed by atoms with van der Waals surface area (Å²) in [6.07, 6.45) is 1.78. The van der Waals surface area contributed by atoms with Gasteiger partial charge in [0.15, 0.2) is 0 Å². The van der Waals surface area contributed by atoms with Crippen LogP contribution >= 0.6 is 0 Å². The maximum absolute atomic E-state index is 12.2. The number of anilines is 1. The minimum absolute atomic E-state index is 0.00781. The van der Waals surface area contributed by atoms with Crippen molar-refractivity contribution in [2.24, 2.45) is 0 Å². The molecule has 3 nitrogen and oxygen atoms in total. The molecule has 0 bridgehead atoms. The SMILES string of the molecule is COc1ccc(CC/C(C)=C2\C(=O)Nc3ccccc32)cc1. The van der Waals surface area contributed by atoms with Crippen LogP contribution in [0.3, 0.4) is 0 Å². The monoisotopic (exact) mass is 293 g/mol. The van der Waals surface area contributed by atoms with E-state index in [-0.39, 0.29) is 5.91 Å². The Labute approximate surface area is 130 Å². The number of ether oxygens (including phenoxy) is 1. The van der Waals surface area contributed by atoms with Gasteiger partial charge in [0.1, 0.15) is 5.75 Å². The first-order chi connectivity index (χ1) is 10.7. The van der Waals surface area contributed by atoms with Crippen LogP contribution in [0.15, 0.2) is 54.1 Å². The number of amides is 1. The quantitative estimate of drug-likeness (QED) is 0.864. The number of benzene rings is 2. The molecular formula is C19H19NO2. The Kier molecular flexibility index (Phi) is 3.96. The third-order valence-corrected chi connectivity index (χ3v) is 4.05. The van der Waals surface area contributed by atoms with Gasteiger partial charge in [-0.05, 0) is 43.5 Å². The van der Waals surface area contributed by atoms with Gasteiger partial charge in [-0.3, -0.25) is 4.79 Å². The van der Waals surface area contributed by atoms with Crippen LogP contribution in [0.5, 0.6) is 5.75 Å². The number of para-hydroxylation sites is 1. The fourth-order valence-electron chi connectivity index (χ4n) is 2.79. The predicted octanol–water partition coefficient (Wildman–Crippen LogP) is 4.05. The van der Waals surface area contributed by atoms with Gasteiger partial charge in [0.2, 0.25) is 0 Å². The molecule has 112 valence electrons. The molecule has 0 saturated heterocycles. The molecule has 1 N–H and O–H groups in total. The Bertz CT molecular complexity index is 729. The molecule has 3 rings (SSSR count). The molecule has 0 unspecified atom stereocenters. The van der Waals surface area contributed by atoms with Gasteiger partial charge in [0.25, 0.3) is 5.91 Å². The molecule has 2 aromatic carbocycles. The Morgan fingerprint density at radius 1 is 1.09 bits per heavy atom. The van der Waals surface area contributed by atoms with E-state index in [4.69, 9.17) is 4.74 Å². The smallest absolute Gasteiger partial charge is 0.256 e. The zero-order valence-electron chi connectivity index (χ0n) is 12.8. The molecule has 2 aromatic rings. The maximum atomic E-state index is 12.2. The first-order valence-corrected chi connectivity index (χ1v) is 7.42. The molecular weight excluding hydrogens is 274 g/mol. The summed E-state index contributed by atoms with van der Waals surface area (Å²) in [5, 5.41) is 2.93. The molecule has 1 heterocycles. The number of methoxy groups -OCH3 is 1. The van der Waals surface area contributed by atoms with E-state index in [1.165, 1.54) is 5.56 Å². The van der Waals surface area contributed by atoms with Crippen molar-refractivity contribution in [3.05, 3.63) is 65.2 Å². The van der Waals surface area contributed by atoms with E-state index in [2.05, 4.69) is 17.4 Å². The summed E-state index contributed by atoms with van der Waals surface area (Å²) in [5.74, 6) is 0.872. The van der Waals surface area contributed by atoms with Crippen molar-refractivity contribution in [1.82, 2.24) is 0 Å². The van der Waals surface area contributed by atoms with Crippen molar-refractivity contribution in [2.75, 3.05) is 12.4 Å². The summed E-state index contributed by atoms with van der Waals surface area (Å²) in [7, 11) is 1.67. The van der Waals surface area contributed by atoms with Gasteiger partial charge in [0.05, 0.1) is 7.11 Å². The summed E-state index contributed by atoms with van der Waals surface area (Å²) in [5.41, 5.74) is 5.11. The average Bonchev–Trinajstić information content (AvgIpc) is 2.89. The van der Waals surface area contributed by atoms with Crippen LogP contribution in [0.1, 0.15) is 24.5 Å². The number of carbonyl (C=O) groups is 1. The van der Waals surface area contributed by atoms with E-state index in [0.29, 0.717) is 0 Å². The third-order valence-electron chi connectivity index (χ3n) is 4.05. The molecule has 1 amide bonds. The topological polar surface area (TPSA) is 38.3 Å². The van der Waals surface area contributed by atoms with Crippen molar-refractivity contribution < 1.29 is 9.53 Å². The second kappa shape index (κ2) is 6.06. The van der Waals surface area contributed by atoms with Gasteiger partial charge in [-0.1, -0.05) is 35.9 Å². The van der Waals surface area contributed by atoms with Crippen molar-refractivity contribution in [3.63, 3.8) is 0 Å². The minimum Gasteiger partial charge on any atom is -0.497 e. The molecule has 0 aliphatic carbocycles. The van der Waals surface area contributed by atoms with Crippen LogP contribution < -0.4 is 10.1 Å². The second-order valence-electron chi connectivity index (χ2n) is 5.50. The molecule has 22 heavy (non-hydrogen) atoms. The number of fused-ring (bicyclic) bond motifs is 1. The van der Waals surface area contributed by atoms with Gasteiger partial charge < -0.3 is 10.1 Å². The van der Waals surface area contributed by atoms with Crippen LogP contribution in [0.4, 0.5) is 5.69 Å². The lowest BCUT2D eigenvalue weighted by molar-refractivity contribution is -0.110. The molecule has 0 atom stereocenters. The van der Waals surface area contributed by atoms with Gasteiger partial charge in [-0.25, -0.2) is 0 Å². The van der Waals surface area contributed by atoms with Crippen molar-refractivity contribution in [1.29, 1.82) is 0 Å². The number of rotatable bonds is 4. The number of aryl methyl sites for hydroxylation is 1. The highest BCUT2D eigenvalue weighted by atomic mass is 16.5. The highest BCUT2D eigenvalue weighted by molar-refractivity contribution is 6.32. The molecule has 0 saturated carbocycles. The van der Waals surface area contributed by atoms with E-state index >= 15 is 0 Å². The Hall–Kier alpha value is -2.55. The maximum Gasteiger partial charge on any atom is 0.256 e. The van der Waals surface area contributed by atoms with E-state index in [0.717, 1.165) is 41.0 Å². The zero-order chi connectivity index (χ0) is 15.5. The van der Waals surface area contributed by atoms with Crippen LogP contribution in [0.2, 0.25) is 0 Å². The van der Waals surface area contributed by atoms with Gasteiger partial charge >= 0.3 is 0 Å². The summed E-state index contributed by atoms with van der Waals surface area (Å²) in [6.45, 7) is 2.04.